The highest BCUT2D eigenvalue weighted by Gasteiger charge is 2.13. The highest BCUT2D eigenvalue weighted by Crippen LogP contribution is 2.14. The van der Waals surface area contributed by atoms with E-state index < -0.39 is 23.6 Å². The van der Waals surface area contributed by atoms with Crippen molar-refractivity contribution in [3.8, 4) is 0 Å². The van der Waals surface area contributed by atoms with Gasteiger partial charge in [-0.25, -0.2) is 13.2 Å². The molecule has 5 heteroatoms. The van der Waals surface area contributed by atoms with E-state index in [0.29, 0.717) is 11.6 Å². The first kappa shape index (κ1) is 14.1. The van der Waals surface area contributed by atoms with Crippen LogP contribution in [0, 0.1) is 17.5 Å². The van der Waals surface area contributed by atoms with Gasteiger partial charge in [0, 0.05) is 11.6 Å². The van der Waals surface area contributed by atoms with E-state index in [0.717, 1.165) is 12.1 Å². The van der Waals surface area contributed by atoms with Gasteiger partial charge < -0.3 is 5.32 Å². The lowest BCUT2D eigenvalue weighted by molar-refractivity contribution is 0.0939. The average molecular weight is 279 g/mol. The van der Waals surface area contributed by atoms with Crippen LogP contribution in [0.1, 0.15) is 28.9 Å². The largest absolute Gasteiger partial charge is 0.346 e. The van der Waals surface area contributed by atoms with Crippen molar-refractivity contribution in [1.82, 2.24) is 5.32 Å². The van der Waals surface area contributed by atoms with Crippen LogP contribution in [0.4, 0.5) is 13.2 Å². The van der Waals surface area contributed by atoms with Gasteiger partial charge >= 0.3 is 0 Å². The molecule has 2 aromatic rings. The van der Waals surface area contributed by atoms with E-state index in [1.807, 2.05) is 0 Å². The second-order valence-corrected chi connectivity index (χ2v) is 4.40. The molecule has 0 radical (unpaired) electrons. The highest BCUT2D eigenvalue weighted by molar-refractivity contribution is 5.94. The van der Waals surface area contributed by atoms with Crippen molar-refractivity contribution < 1.29 is 18.0 Å². The van der Waals surface area contributed by atoms with Crippen LogP contribution < -0.4 is 5.32 Å². The van der Waals surface area contributed by atoms with Gasteiger partial charge in [-0.05, 0) is 36.8 Å². The Morgan fingerprint density at radius 2 is 1.50 bits per heavy atom. The first-order chi connectivity index (χ1) is 9.45. The van der Waals surface area contributed by atoms with Gasteiger partial charge in [-0.3, -0.25) is 4.79 Å². The minimum atomic E-state index is -0.815. The van der Waals surface area contributed by atoms with Gasteiger partial charge in [0.15, 0.2) is 0 Å². The molecule has 0 saturated heterocycles. The van der Waals surface area contributed by atoms with E-state index in [1.54, 1.807) is 6.92 Å². The summed E-state index contributed by atoms with van der Waals surface area (Å²) >= 11 is 0. The zero-order valence-electron chi connectivity index (χ0n) is 10.7. The SMILES string of the molecule is CC(NC(=O)c1cc(F)cc(F)c1)c1ccc(F)cc1. The van der Waals surface area contributed by atoms with Gasteiger partial charge in [-0.1, -0.05) is 12.1 Å². The van der Waals surface area contributed by atoms with Crippen LogP contribution >= 0.6 is 0 Å². The Hall–Kier alpha value is -2.30. The number of hydrogen-bond acceptors (Lipinski definition) is 1. The number of halogens is 3. The molecule has 2 aromatic carbocycles. The maximum absolute atomic E-state index is 13.0. The smallest absolute Gasteiger partial charge is 0.251 e. The summed E-state index contributed by atoms with van der Waals surface area (Å²) in [6.07, 6.45) is 0. The zero-order chi connectivity index (χ0) is 14.7. The second kappa shape index (κ2) is 5.77. The second-order valence-electron chi connectivity index (χ2n) is 4.40. The van der Waals surface area contributed by atoms with Crippen LogP contribution in [0.5, 0.6) is 0 Å². The fraction of sp³-hybridized carbons (Fsp3) is 0.133. The Morgan fingerprint density at radius 3 is 2.05 bits per heavy atom. The molecule has 0 aromatic heterocycles. The molecule has 0 bridgehead atoms. The average Bonchev–Trinajstić information content (AvgIpc) is 2.38. The molecule has 2 nitrogen and oxygen atoms in total. The number of carbonyl (C=O) groups is 1. The van der Waals surface area contributed by atoms with Crippen molar-refractivity contribution in [2.45, 2.75) is 13.0 Å². The number of benzene rings is 2. The monoisotopic (exact) mass is 279 g/mol. The molecule has 1 N–H and O–H groups in total. The van der Waals surface area contributed by atoms with E-state index in [9.17, 15) is 18.0 Å². The molecule has 0 saturated carbocycles. The third-order valence-corrected chi connectivity index (χ3v) is 2.84. The summed E-state index contributed by atoms with van der Waals surface area (Å²) in [4.78, 5) is 11.9. The molecular weight excluding hydrogens is 267 g/mol. The van der Waals surface area contributed by atoms with Crippen molar-refractivity contribution >= 4 is 5.91 Å². The van der Waals surface area contributed by atoms with Crippen molar-refractivity contribution in [2.24, 2.45) is 0 Å². The molecule has 0 fully saturated rings. The molecule has 1 amide bonds. The third kappa shape index (κ3) is 3.38. The Kier molecular flexibility index (Phi) is 4.08. The summed E-state index contributed by atoms with van der Waals surface area (Å²) in [6.45, 7) is 1.70. The maximum atomic E-state index is 13.0. The molecule has 0 aliphatic heterocycles. The lowest BCUT2D eigenvalue weighted by Crippen LogP contribution is -2.26. The minimum absolute atomic E-state index is 0.100. The fourth-order valence-corrected chi connectivity index (χ4v) is 1.80. The van der Waals surface area contributed by atoms with Crippen molar-refractivity contribution in [2.75, 3.05) is 0 Å². The molecule has 20 heavy (non-hydrogen) atoms. The number of amides is 1. The van der Waals surface area contributed by atoms with Crippen molar-refractivity contribution in [3.63, 3.8) is 0 Å². The predicted octanol–water partition coefficient (Wildman–Crippen LogP) is 3.59. The molecule has 0 heterocycles. The van der Waals surface area contributed by atoms with Crippen LogP contribution in [0.2, 0.25) is 0 Å². The Morgan fingerprint density at radius 1 is 0.950 bits per heavy atom. The van der Waals surface area contributed by atoms with Gasteiger partial charge in [-0.2, -0.15) is 0 Å². The fourth-order valence-electron chi connectivity index (χ4n) is 1.80. The van der Waals surface area contributed by atoms with E-state index in [4.69, 9.17) is 0 Å². The predicted molar refractivity (Wildman–Crippen MR) is 68.6 cm³/mol. The summed E-state index contributed by atoms with van der Waals surface area (Å²) < 4.78 is 38.9. The summed E-state index contributed by atoms with van der Waals surface area (Å²) in [5.74, 6) is -2.60. The first-order valence-corrected chi connectivity index (χ1v) is 5.98. The highest BCUT2D eigenvalue weighted by atomic mass is 19.1. The van der Waals surface area contributed by atoms with Gasteiger partial charge in [0.25, 0.3) is 5.91 Å². The lowest BCUT2D eigenvalue weighted by Gasteiger charge is -2.14. The minimum Gasteiger partial charge on any atom is -0.346 e. The van der Waals surface area contributed by atoms with Gasteiger partial charge in [0.1, 0.15) is 17.5 Å². The van der Waals surface area contributed by atoms with E-state index in [-0.39, 0.29) is 11.4 Å². The quantitative estimate of drug-likeness (QED) is 0.914. The molecular formula is C15H12F3NO. The Labute approximate surface area is 114 Å². The third-order valence-electron chi connectivity index (χ3n) is 2.84. The number of carbonyl (C=O) groups excluding carboxylic acids is 1. The standard InChI is InChI=1S/C15H12F3NO/c1-9(10-2-4-12(16)5-3-10)19-15(20)11-6-13(17)8-14(18)7-11/h2-9H,1H3,(H,19,20). The maximum Gasteiger partial charge on any atom is 0.251 e. The van der Waals surface area contributed by atoms with Gasteiger partial charge in [0.05, 0.1) is 6.04 Å². The number of nitrogens with one attached hydrogen (secondary N) is 1. The zero-order valence-corrected chi connectivity index (χ0v) is 10.7. The van der Waals surface area contributed by atoms with Gasteiger partial charge in [0.2, 0.25) is 0 Å². The van der Waals surface area contributed by atoms with Crippen molar-refractivity contribution in [1.29, 1.82) is 0 Å². The van der Waals surface area contributed by atoms with E-state index >= 15 is 0 Å². The number of hydrogen-bond donors (Lipinski definition) is 1. The first-order valence-electron chi connectivity index (χ1n) is 5.98. The molecule has 2 rings (SSSR count). The van der Waals surface area contributed by atoms with Crippen molar-refractivity contribution in [3.05, 3.63) is 71.0 Å². The van der Waals surface area contributed by atoms with Crippen LogP contribution in [-0.2, 0) is 0 Å². The molecule has 0 aliphatic rings. The summed E-state index contributed by atoms with van der Waals surface area (Å²) in [5.41, 5.74) is 0.591. The summed E-state index contributed by atoms with van der Waals surface area (Å²) in [5, 5.41) is 2.59. The molecule has 0 spiro atoms. The molecule has 104 valence electrons. The summed E-state index contributed by atoms with van der Waals surface area (Å²) in [7, 11) is 0. The topological polar surface area (TPSA) is 29.1 Å². The lowest BCUT2D eigenvalue weighted by atomic mass is 10.1. The van der Waals surface area contributed by atoms with Crippen LogP contribution in [0.25, 0.3) is 0 Å². The normalized spacial score (nSPS) is 12.0. The number of rotatable bonds is 3. The Balaban J connectivity index is 2.12. The van der Waals surface area contributed by atoms with E-state index in [1.165, 1.54) is 24.3 Å². The van der Waals surface area contributed by atoms with Crippen LogP contribution in [-0.4, -0.2) is 5.91 Å². The summed E-state index contributed by atoms with van der Waals surface area (Å²) in [6, 6.07) is 7.82. The van der Waals surface area contributed by atoms with Crippen LogP contribution in [0.3, 0.4) is 0 Å². The van der Waals surface area contributed by atoms with Gasteiger partial charge in [-0.15, -0.1) is 0 Å². The Bertz CT molecular complexity index is 605. The van der Waals surface area contributed by atoms with E-state index in [2.05, 4.69) is 5.32 Å². The molecule has 1 atom stereocenters. The molecule has 1 unspecified atom stereocenters. The molecule has 0 aliphatic carbocycles. The van der Waals surface area contributed by atoms with Crippen LogP contribution in [0.15, 0.2) is 42.5 Å².